The van der Waals surface area contributed by atoms with Gasteiger partial charge in [0.05, 0.1) is 17.4 Å². The number of rotatable bonds is 2. The van der Waals surface area contributed by atoms with E-state index in [1.54, 1.807) is 0 Å². The van der Waals surface area contributed by atoms with Crippen molar-refractivity contribution in [3.8, 4) is 0 Å². The van der Waals surface area contributed by atoms with Gasteiger partial charge < -0.3 is 10.5 Å². The molecule has 2 aromatic rings. The number of hydrogen-bond donors (Lipinski definition) is 1. The first-order valence-corrected chi connectivity index (χ1v) is 7.46. The lowest BCUT2D eigenvalue weighted by atomic mass is 10.0. The molecule has 0 spiro atoms. The Morgan fingerprint density at radius 3 is 2.86 bits per heavy atom. The molecule has 1 aliphatic heterocycles. The normalized spacial score (nSPS) is 25.6. The zero-order valence-electron chi connectivity index (χ0n) is 12.0. The number of fused-ring (bicyclic) bond motifs is 1. The van der Waals surface area contributed by atoms with E-state index >= 15 is 0 Å². The highest BCUT2D eigenvalue weighted by Crippen LogP contribution is 2.39. The van der Waals surface area contributed by atoms with E-state index in [-0.39, 0.29) is 17.9 Å². The van der Waals surface area contributed by atoms with Gasteiger partial charge in [-0.1, -0.05) is 0 Å². The summed E-state index contributed by atoms with van der Waals surface area (Å²) in [5.74, 6) is 0.656. The molecule has 6 heteroatoms. The van der Waals surface area contributed by atoms with Crippen LogP contribution in [0.25, 0.3) is 11.0 Å². The molecular weight excluding hydrogens is 268 g/mol. The third-order valence-electron chi connectivity index (χ3n) is 4.48. The predicted octanol–water partition coefficient (Wildman–Crippen LogP) is 1.96. The van der Waals surface area contributed by atoms with Gasteiger partial charge in [-0.2, -0.15) is 4.68 Å². The van der Waals surface area contributed by atoms with Gasteiger partial charge in [-0.3, -0.25) is 4.79 Å². The fraction of sp³-hybridized carbons (Fsp3) is 0.533. The van der Waals surface area contributed by atoms with Crippen LogP contribution in [0.5, 0.6) is 0 Å². The van der Waals surface area contributed by atoms with Crippen LogP contribution in [0, 0.1) is 5.92 Å². The van der Waals surface area contributed by atoms with Crippen molar-refractivity contribution >= 4 is 22.8 Å². The van der Waals surface area contributed by atoms with Crippen LogP contribution >= 0.6 is 0 Å². The highest BCUT2D eigenvalue weighted by atomic mass is 16.5. The second-order valence-corrected chi connectivity index (χ2v) is 5.99. The smallest absolute Gasteiger partial charge is 0.254 e. The molecule has 6 nitrogen and oxygen atoms in total. The summed E-state index contributed by atoms with van der Waals surface area (Å²) in [6.45, 7) is 2.54. The van der Waals surface area contributed by atoms with Crippen molar-refractivity contribution in [1.82, 2.24) is 14.8 Å². The average Bonchev–Trinajstić information content (AvgIpc) is 3.17. The Bertz CT molecular complexity index is 720. The first kappa shape index (κ1) is 12.8. The molecule has 2 unspecified atom stereocenters. The minimum atomic E-state index is -0.168. The van der Waals surface area contributed by atoms with E-state index in [0.717, 1.165) is 17.5 Å². The van der Waals surface area contributed by atoms with Crippen molar-refractivity contribution in [2.75, 3.05) is 12.3 Å². The van der Waals surface area contributed by atoms with Crippen LogP contribution in [0.15, 0.2) is 12.1 Å². The average molecular weight is 286 g/mol. The zero-order valence-corrected chi connectivity index (χ0v) is 12.0. The minimum absolute atomic E-state index is 0.0675. The maximum Gasteiger partial charge on any atom is 0.254 e. The number of nitrogens with two attached hydrogens (primary N) is 1. The standard InChI is InChI=1S/C15H18N4O2/c1-8-10(6-7-21-8)15(20)19-14-11(13(16)18-19)4-5-12(17-14)9-2-3-9/h4-5,8-10H,2-3,6-7H2,1H3,(H2,16,18). The molecule has 1 saturated heterocycles. The molecule has 0 amide bonds. The second-order valence-electron chi connectivity index (χ2n) is 5.99. The Morgan fingerprint density at radius 1 is 1.38 bits per heavy atom. The molecule has 21 heavy (non-hydrogen) atoms. The van der Waals surface area contributed by atoms with Crippen LogP contribution in [-0.4, -0.2) is 33.4 Å². The van der Waals surface area contributed by atoms with Gasteiger partial charge in [-0.25, -0.2) is 4.98 Å². The number of pyridine rings is 1. The number of nitrogens with zero attached hydrogens (tertiary/aromatic N) is 3. The van der Waals surface area contributed by atoms with E-state index in [1.807, 2.05) is 19.1 Å². The Kier molecular flexibility index (Phi) is 2.75. The Hall–Kier alpha value is -1.95. The summed E-state index contributed by atoms with van der Waals surface area (Å²) in [5, 5.41) is 4.97. The molecule has 2 atom stereocenters. The maximum absolute atomic E-state index is 12.7. The van der Waals surface area contributed by atoms with Crippen LogP contribution in [0.2, 0.25) is 0 Å². The Labute approximate surface area is 122 Å². The van der Waals surface area contributed by atoms with Crippen molar-refractivity contribution in [2.24, 2.45) is 5.92 Å². The first-order valence-electron chi connectivity index (χ1n) is 7.46. The molecule has 2 aromatic heterocycles. The number of carbonyl (C=O) groups excluding carboxylic acids is 1. The summed E-state index contributed by atoms with van der Waals surface area (Å²) >= 11 is 0. The van der Waals surface area contributed by atoms with Gasteiger partial charge >= 0.3 is 0 Å². The van der Waals surface area contributed by atoms with Gasteiger partial charge in [-0.05, 0) is 38.3 Å². The molecule has 0 aromatic carbocycles. The summed E-state index contributed by atoms with van der Waals surface area (Å²) in [5.41, 5.74) is 7.55. The molecule has 3 heterocycles. The molecular formula is C15H18N4O2. The van der Waals surface area contributed by atoms with Crippen molar-refractivity contribution < 1.29 is 9.53 Å². The summed E-state index contributed by atoms with van der Waals surface area (Å²) in [6.07, 6.45) is 2.99. The lowest BCUT2D eigenvalue weighted by Gasteiger charge is -2.12. The number of aromatic nitrogens is 3. The molecule has 0 radical (unpaired) electrons. The maximum atomic E-state index is 12.7. The molecule has 2 fully saturated rings. The van der Waals surface area contributed by atoms with Gasteiger partial charge in [0, 0.05) is 18.2 Å². The molecule has 1 aliphatic carbocycles. The summed E-state index contributed by atoms with van der Waals surface area (Å²) in [7, 11) is 0. The summed E-state index contributed by atoms with van der Waals surface area (Å²) < 4.78 is 6.87. The fourth-order valence-corrected chi connectivity index (χ4v) is 3.01. The van der Waals surface area contributed by atoms with Gasteiger partial charge in [-0.15, -0.1) is 5.10 Å². The van der Waals surface area contributed by atoms with Gasteiger partial charge in [0.15, 0.2) is 11.5 Å². The molecule has 4 rings (SSSR count). The third kappa shape index (κ3) is 2.01. The van der Waals surface area contributed by atoms with E-state index in [1.165, 1.54) is 17.5 Å². The molecule has 1 saturated carbocycles. The van der Waals surface area contributed by atoms with Gasteiger partial charge in [0.1, 0.15) is 0 Å². The van der Waals surface area contributed by atoms with Gasteiger partial charge in [0.25, 0.3) is 5.91 Å². The Morgan fingerprint density at radius 2 is 2.19 bits per heavy atom. The monoisotopic (exact) mass is 286 g/mol. The Balaban J connectivity index is 1.79. The lowest BCUT2D eigenvalue weighted by molar-refractivity contribution is 0.0679. The van der Waals surface area contributed by atoms with Crippen molar-refractivity contribution in [1.29, 1.82) is 0 Å². The summed E-state index contributed by atoms with van der Waals surface area (Å²) in [6, 6.07) is 3.92. The van der Waals surface area contributed by atoms with E-state index in [9.17, 15) is 4.79 Å². The molecule has 110 valence electrons. The van der Waals surface area contributed by atoms with Crippen molar-refractivity contribution in [3.63, 3.8) is 0 Å². The largest absolute Gasteiger partial charge is 0.382 e. The van der Waals surface area contributed by atoms with Crippen molar-refractivity contribution in [2.45, 2.75) is 38.2 Å². The third-order valence-corrected chi connectivity index (χ3v) is 4.48. The van der Waals surface area contributed by atoms with Crippen LogP contribution in [-0.2, 0) is 4.74 Å². The molecule has 0 bridgehead atoms. The van der Waals surface area contributed by atoms with E-state index in [0.29, 0.717) is 24.0 Å². The number of carbonyl (C=O) groups is 1. The van der Waals surface area contributed by atoms with E-state index < -0.39 is 0 Å². The van der Waals surface area contributed by atoms with Crippen LogP contribution in [0.1, 0.15) is 42.6 Å². The summed E-state index contributed by atoms with van der Waals surface area (Å²) in [4.78, 5) is 17.3. The molecule has 2 aliphatic rings. The van der Waals surface area contributed by atoms with Crippen LogP contribution in [0.4, 0.5) is 5.82 Å². The molecule has 2 N–H and O–H groups in total. The number of hydrogen-bond acceptors (Lipinski definition) is 5. The zero-order chi connectivity index (χ0) is 14.6. The number of anilines is 1. The van der Waals surface area contributed by atoms with Gasteiger partial charge in [0.2, 0.25) is 0 Å². The topological polar surface area (TPSA) is 83.0 Å². The van der Waals surface area contributed by atoms with Crippen molar-refractivity contribution in [3.05, 3.63) is 17.8 Å². The minimum Gasteiger partial charge on any atom is -0.382 e. The highest BCUT2D eigenvalue weighted by Gasteiger charge is 2.34. The quantitative estimate of drug-likeness (QED) is 0.912. The SMILES string of the molecule is CC1OCCC1C(=O)n1nc(N)c2ccc(C3CC3)nc21. The first-order chi connectivity index (χ1) is 10.1. The van der Waals surface area contributed by atoms with Crippen LogP contribution < -0.4 is 5.73 Å². The van der Waals surface area contributed by atoms with Crippen LogP contribution in [0.3, 0.4) is 0 Å². The van der Waals surface area contributed by atoms with E-state index in [2.05, 4.69) is 10.1 Å². The number of nitrogen functional groups attached to an aromatic ring is 1. The fourth-order valence-electron chi connectivity index (χ4n) is 3.01. The van der Waals surface area contributed by atoms with E-state index in [4.69, 9.17) is 10.5 Å². The predicted molar refractivity (Wildman–Crippen MR) is 78.1 cm³/mol. The highest BCUT2D eigenvalue weighted by molar-refractivity contribution is 5.95. The number of ether oxygens (including phenoxy) is 1. The second kappa shape index (κ2) is 4.53. The lowest BCUT2D eigenvalue weighted by Crippen LogP contribution is -2.28.